The third-order valence-corrected chi connectivity index (χ3v) is 3.71. The second-order valence-corrected chi connectivity index (χ2v) is 4.97. The number of rotatable bonds is 5. The van der Waals surface area contributed by atoms with Crippen LogP contribution in [0, 0.1) is 17.2 Å². The molecule has 1 saturated carbocycles. The normalized spacial score (nSPS) is 17.3. The second kappa shape index (κ2) is 6.30. The van der Waals surface area contributed by atoms with Crippen molar-refractivity contribution in [3.8, 4) is 6.07 Å². The lowest BCUT2D eigenvalue weighted by atomic mass is 9.93. The number of nitrogens with zero attached hydrogens (tertiary/aromatic N) is 2. The number of carbonyl (C=O) groups excluding carboxylic acids is 1. The predicted molar refractivity (Wildman–Crippen MR) is 68.8 cm³/mol. The van der Waals surface area contributed by atoms with E-state index in [9.17, 15) is 4.79 Å². The van der Waals surface area contributed by atoms with Crippen LogP contribution >= 0.6 is 0 Å². The van der Waals surface area contributed by atoms with E-state index >= 15 is 0 Å². The molecule has 0 N–H and O–H groups in total. The number of Topliss-reactive ketones (excluding diaryl/α,β-unsaturated/α-hetero) is 1. The number of hydrogen-bond donors (Lipinski definition) is 0. The van der Waals surface area contributed by atoms with E-state index in [-0.39, 0.29) is 5.78 Å². The van der Waals surface area contributed by atoms with Gasteiger partial charge in [0.2, 0.25) is 0 Å². The topological polar surface area (TPSA) is 53.8 Å². The Morgan fingerprint density at radius 2 is 2.22 bits per heavy atom. The highest BCUT2D eigenvalue weighted by atomic mass is 16.1. The van der Waals surface area contributed by atoms with Crippen molar-refractivity contribution in [2.45, 2.75) is 44.4 Å². The van der Waals surface area contributed by atoms with Gasteiger partial charge in [0.1, 0.15) is 5.92 Å². The predicted octanol–water partition coefficient (Wildman–Crippen LogP) is 3.23. The van der Waals surface area contributed by atoms with Crippen molar-refractivity contribution in [1.29, 1.82) is 5.26 Å². The maximum Gasteiger partial charge on any atom is 0.156 e. The van der Waals surface area contributed by atoms with Gasteiger partial charge in [-0.1, -0.05) is 31.7 Å². The molecule has 1 aliphatic carbocycles. The molecule has 1 aliphatic rings. The van der Waals surface area contributed by atoms with Gasteiger partial charge in [0.05, 0.1) is 11.8 Å². The minimum Gasteiger partial charge on any atom is -0.298 e. The number of pyridine rings is 1. The van der Waals surface area contributed by atoms with Gasteiger partial charge in [-0.15, -0.1) is 0 Å². The van der Waals surface area contributed by atoms with Crippen molar-refractivity contribution in [2.24, 2.45) is 5.92 Å². The molecule has 0 aromatic carbocycles. The van der Waals surface area contributed by atoms with Gasteiger partial charge in [-0.25, -0.2) is 0 Å². The molecular weight excluding hydrogens is 224 g/mol. The first-order valence-electron chi connectivity index (χ1n) is 6.64. The molecule has 0 radical (unpaired) electrons. The van der Waals surface area contributed by atoms with E-state index in [4.69, 9.17) is 5.26 Å². The van der Waals surface area contributed by atoms with E-state index in [2.05, 4.69) is 11.1 Å². The van der Waals surface area contributed by atoms with E-state index < -0.39 is 5.92 Å². The van der Waals surface area contributed by atoms with Crippen molar-refractivity contribution in [3.05, 3.63) is 30.1 Å². The van der Waals surface area contributed by atoms with Crippen molar-refractivity contribution in [1.82, 2.24) is 4.98 Å². The fourth-order valence-corrected chi connectivity index (χ4v) is 2.64. The van der Waals surface area contributed by atoms with Crippen LogP contribution in [0.25, 0.3) is 0 Å². The van der Waals surface area contributed by atoms with Crippen molar-refractivity contribution in [2.75, 3.05) is 0 Å². The molecule has 0 unspecified atom stereocenters. The van der Waals surface area contributed by atoms with Gasteiger partial charge >= 0.3 is 0 Å². The monoisotopic (exact) mass is 242 g/mol. The molecule has 0 saturated heterocycles. The molecule has 0 spiro atoms. The van der Waals surface area contributed by atoms with Crippen molar-refractivity contribution >= 4 is 5.78 Å². The Balaban J connectivity index is 1.92. The summed E-state index contributed by atoms with van der Waals surface area (Å²) in [5, 5.41) is 9.13. The van der Waals surface area contributed by atoms with Crippen molar-refractivity contribution in [3.63, 3.8) is 0 Å². The minimum atomic E-state index is -0.687. The Labute approximate surface area is 108 Å². The largest absolute Gasteiger partial charge is 0.298 e. The van der Waals surface area contributed by atoms with Gasteiger partial charge in [0.25, 0.3) is 0 Å². The van der Waals surface area contributed by atoms with Crippen LogP contribution in [0.1, 0.15) is 50.1 Å². The zero-order valence-corrected chi connectivity index (χ0v) is 10.5. The second-order valence-electron chi connectivity index (χ2n) is 4.97. The van der Waals surface area contributed by atoms with Gasteiger partial charge in [0, 0.05) is 12.6 Å². The first-order chi connectivity index (χ1) is 8.81. The molecule has 3 nitrogen and oxygen atoms in total. The fourth-order valence-electron chi connectivity index (χ4n) is 2.64. The zero-order valence-electron chi connectivity index (χ0n) is 10.5. The van der Waals surface area contributed by atoms with Crippen LogP contribution in [-0.2, 0) is 4.79 Å². The maximum atomic E-state index is 12.1. The first kappa shape index (κ1) is 12.8. The highest BCUT2D eigenvalue weighted by Crippen LogP contribution is 2.29. The number of carbonyl (C=O) groups is 1. The molecule has 1 heterocycles. The summed E-state index contributed by atoms with van der Waals surface area (Å²) in [5.41, 5.74) is 0.580. The standard InChI is InChI=1S/C15H18N2O/c16-11-13(14-7-3-4-10-17-14)15(18)9-8-12-5-1-2-6-12/h3-4,7,10,12-13H,1-2,5-6,8-9H2/t13-/m1/s1. The summed E-state index contributed by atoms with van der Waals surface area (Å²) < 4.78 is 0. The Morgan fingerprint density at radius 3 is 2.83 bits per heavy atom. The van der Waals surface area contributed by atoms with E-state index in [0.29, 0.717) is 18.0 Å². The van der Waals surface area contributed by atoms with Crippen LogP contribution in [0.4, 0.5) is 0 Å². The number of nitriles is 1. The molecule has 0 bridgehead atoms. The molecule has 0 aliphatic heterocycles. The summed E-state index contributed by atoms with van der Waals surface area (Å²) in [6.07, 6.45) is 8.15. The van der Waals surface area contributed by atoms with E-state index in [1.165, 1.54) is 25.7 Å². The zero-order chi connectivity index (χ0) is 12.8. The Morgan fingerprint density at radius 1 is 1.44 bits per heavy atom. The Kier molecular flexibility index (Phi) is 4.46. The van der Waals surface area contributed by atoms with Crippen LogP contribution in [0.5, 0.6) is 0 Å². The van der Waals surface area contributed by atoms with Crippen LogP contribution in [-0.4, -0.2) is 10.8 Å². The smallest absolute Gasteiger partial charge is 0.156 e. The lowest BCUT2D eigenvalue weighted by Gasteiger charge is -2.10. The average molecular weight is 242 g/mol. The van der Waals surface area contributed by atoms with Crippen LogP contribution in [0.3, 0.4) is 0 Å². The Bertz CT molecular complexity index is 430. The summed E-state index contributed by atoms with van der Waals surface area (Å²) in [6, 6.07) is 7.44. The highest BCUT2D eigenvalue weighted by molar-refractivity contribution is 5.87. The van der Waals surface area contributed by atoms with E-state index in [0.717, 1.165) is 6.42 Å². The molecule has 0 amide bonds. The van der Waals surface area contributed by atoms with Gasteiger partial charge < -0.3 is 0 Å². The molecule has 2 rings (SSSR count). The lowest BCUT2D eigenvalue weighted by molar-refractivity contribution is -0.119. The number of aromatic nitrogens is 1. The van der Waals surface area contributed by atoms with Gasteiger partial charge in [0.15, 0.2) is 5.78 Å². The number of hydrogen-bond acceptors (Lipinski definition) is 3. The maximum absolute atomic E-state index is 12.1. The van der Waals surface area contributed by atoms with Crippen molar-refractivity contribution < 1.29 is 4.79 Å². The molecule has 1 atom stereocenters. The summed E-state index contributed by atoms with van der Waals surface area (Å²) in [6.45, 7) is 0. The summed E-state index contributed by atoms with van der Waals surface area (Å²) in [7, 11) is 0. The Hall–Kier alpha value is -1.69. The van der Waals surface area contributed by atoms with Gasteiger partial charge in [-0.2, -0.15) is 5.26 Å². The minimum absolute atomic E-state index is 0.0168. The molecule has 3 heteroatoms. The highest BCUT2D eigenvalue weighted by Gasteiger charge is 2.23. The quantitative estimate of drug-likeness (QED) is 0.796. The molecular formula is C15H18N2O. The lowest BCUT2D eigenvalue weighted by Crippen LogP contribution is -2.13. The third kappa shape index (κ3) is 3.16. The molecule has 1 fully saturated rings. The molecule has 18 heavy (non-hydrogen) atoms. The average Bonchev–Trinajstić information content (AvgIpc) is 2.92. The SMILES string of the molecule is N#C[C@@H](C(=O)CCC1CCCC1)c1ccccn1. The van der Waals surface area contributed by atoms with Gasteiger partial charge in [-0.05, 0) is 24.5 Å². The molecule has 1 aromatic heterocycles. The molecule has 1 aromatic rings. The summed E-state index contributed by atoms with van der Waals surface area (Å²) in [4.78, 5) is 16.2. The summed E-state index contributed by atoms with van der Waals surface area (Å²) >= 11 is 0. The van der Waals surface area contributed by atoms with Gasteiger partial charge in [-0.3, -0.25) is 9.78 Å². The third-order valence-electron chi connectivity index (χ3n) is 3.71. The van der Waals surface area contributed by atoms with Crippen LogP contribution in [0.2, 0.25) is 0 Å². The molecule has 94 valence electrons. The van der Waals surface area contributed by atoms with Crippen LogP contribution < -0.4 is 0 Å². The summed E-state index contributed by atoms with van der Waals surface area (Å²) in [5.74, 6) is 0.0210. The number of ketones is 1. The van der Waals surface area contributed by atoms with E-state index in [1.54, 1.807) is 18.3 Å². The van der Waals surface area contributed by atoms with E-state index in [1.807, 2.05) is 6.07 Å². The van der Waals surface area contributed by atoms with Crippen LogP contribution in [0.15, 0.2) is 24.4 Å². The first-order valence-corrected chi connectivity index (χ1v) is 6.64. The fraction of sp³-hybridized carbons (Fsp3) is 0.533.